The first-order valence-electron chi connectivity index (χ1n) is 10.1. The molecule has 0 aromatic carbocycles. The monoisotopic (exact) mass is 506 g/mol. The molecular weight excluding hydrogens is 471 g/mol. The number of aliphatic imine (C=N–C) groups is 1. The van der Waals surface area contributed by atoms with Crippen LogP contribution in [0.4, 0.5) is 0 Å². The maximum absolute atomic E-state index is 5.30. The molecular formula is C19H35IN6O2. The standard InChI is InChI=1S/C19H34N6O2.HI/c1-4-20-18(21-14-19(8-5-9-19)10-11-26-2)22-15-6-7-17-23-16(13-27-3)24-25(17)12-15;/h15H,4-14H2,1-3H3,(H2,20,21,22);1H. The average Bonchev–Trinajstić information content (AvgIpc) is 3.02. The molecule has 8 nitrogen and oxygen atoms in total. The Hall–Kier alpha value is -0.940. The third-order valence-electron chi connectivity index (χ3n) is 5.68. The van der Waals surface area contributed by atoms with Gasteiger partial charge in [0.25, 0.3) is 0 Å². The van der Waals surface area contributed by atoms with E-state index in [-0.39, 0.29) is 24.0 Å². The molecule has 2 heterocycles. The van der Waals surface area contributed by atoms with E-state index in [2.05, 4.69) is 27.6 Å². The van der Waals surface area contributed by atoms with Crippen molar-refractivity contribution in [3.05, 3.63) is 11.6 Å². The van der Waals surface area contributed by atoms with Crippen LogP contribution >= 0.6 is 24.0 Å². The second kappa shape index (κ2) is 11.3. The summed E-state index contributed by atoms with van der Waals surface area (Å²) < 4.78 is 12.4. The quantitative estimate of drug-likeness (QED) is 0.303. The van der Waals surface area contributed by atoms with Crippen molar-refractivity contribution in [2.75, 3.05) is 33.9 Å². The van der Waals surface area contributed by atoms with Crippen LogP contribution in [0.5, 0.6) is 0 Å². The number of aromatic nitrogens is 3. The first-order chi connectivity index (χ1) is 13.2. The number of rotatable bonds is 9. The molecule has 0 amide bonds. The summed E-state index contributed by atoms with van der Waals surface area (Å²) in [6.45, 7) is 5.92. The van der Waals surface area contributed by atoms with E-state index in [0.717, 1.165) is 63.1 Å². The molecule has 1 aromatic rings. The Morgan fingerprint density at radius 2 is 2.14 bits per heavy atom. The number of guanidine groups is 1. The van der Waals surface area contributed by atoms with Crippen LogP contribution in [0.1, 0.15) is 50.7 Å². The molecule has 1 aliphatic carbocycles. The smallest absolute Gasteiger partial charge is 0.191 e. The lowest BCUT2D eigenvalue weighted by Crippen LogP contribution is -2.47. The third-order valence-corrected chi connectivity index (χ3v) is 5.68. The Balaban J connectivity index is 0.00000280. The number of hydrogen-bond donors (Lipinski definition) is 2. The largest absolute Gasteiger partial charge is 0.385 e. The topological polar surface area (TPSA) is 85.6 Å². The Bertz CT molecular complexity index is 632. The Morgan fingerprint density at radius 3 is 2.79 bits per heavy atom. The zero-order valence-electron chi connectivity index (χ0n) is 17.4. The highest BCUT2D eigenvalue weighted by atomic mass is 127. The van der Waals surface area contributed by atoms with Crippen molar-refractivity contribution in [2.24, 2.45) is 10.4 Å². The molecule has 0 radical (unpaired) electrons. The fraction of sp³-hybridized carbons (Fsp3) is 0.842. The van der Waals surface area contributed by atoms with Gasteiger partial charge >= 0.3 is 0 Å². The number of ether oxygens (including phenoxy) is 2. The molecule has 160 valence electrons. The van der Waals surface area contributed by atoms with E-state index < -0.39 is 0 Å². The van der Waals surface area contributed by atoms with E-state index in [4.69, 9.17) is 14.5 Å². The maximum atomic E-state index is 5.30. The minimum absolute atomic E-state index is 0. The van der Waals surface area contributed by atoms with Gasteiger partial charge < -0.3 is 20.1 Å². The van der Waals surface area contributed by atoms with Crippen molar-refractivity contribution in [3.63, 3.8) is 0 Å². The third kappa shape index (κ3) is 6.03. The molecule has 1 aromatic heterocycles. The SMILES string of the molecule is CCNC(=NCC1(CCOC)CCC1)NC1CCc2nc(COC)nn2C1.I. The van der Waals surface area contributed by atoms with E-state index in [1.807, 2.05) is 4.68 Å². The van der Waals surface area contributed by atoms with Crippen LogP contribution in [0.25, 0.3) is 0 Å². The highest BCUT2D eigenvalue weighted by molar-refractivity contribution is 14.0. The fourth-order valence-corrected chi connectivity index (χ4v) is 3.91. The van der Waals surface area contributed by atoms with Crippen molar-refractivity contribution in [1.82, 2.24) is 25.4 Å². The van der Waals surface area contributed by atoms with Gasteiger partial charge in [-0.3, -0.25) is 4.99 Å². The lowest BCUT2D eigenvalue weighted by Gasteiger charge is -2.41. The van der Waals surface area contributed by atoms with Gasteiger partial charge in [0, 0.05) is 46.4 Å². The Morgan fingerprint density at radius 1 is 1.32 bits per heavy atom. The number of fused-ring (bicyclic) bond motifs is 1. The Kier molecular flexibility index (Phi) is 9.42. The molecule has 1 saturated carbocycles. The summed E-state index contributed by atoms with van der Waals surface area (Å²) in [5, 5.41) is 11.6. The van der Waals surface area contributed by atoms with E-state index in [9.17, 15) is 0 Å². The molecule has 2 N–H and O–H groups in total. The van der Waals surface area contributed by atoms with E-state index >= 15 is 0 Å². The minimum Gasteiger partial charge on any atom is -0.385 e. The second-order valence-corrected chi connectivity index (χ2v) is 7.73. The van der Waals surface area contributed by atoms with Gasteiger partial charge in [-0.1, -0.05) is 6.42 Å². The van der Waals surface area contributed by atoms with Crippen LogP contribution in [-0.2, 0) is 29.0 Å². The van der Waals surface area contributed by atoms with Crippen LogP contribution in [-0.4, -0.2) is 60.7 Å². The molecule has 2 aliphatic rings. The summed E-state index contributed by atoms with van der Waals surface area (Å²) in [5.74, 6) is 2.72. The molecule has 0 saturated heterocycles. The summed E-state index contributed by atoms with van der Waals surface area (Å²) in [6, 6.07) is 0.309. The summed E-state index contributed by atoms with van der Waals surface area (Å²) in [5.41, 5.74) is 0.332. The van der Waals surface area contributed by atoms with Gasteiger partial charge in [0.05, 0.1) is 6.54 Å². The van der Waals surface area contributed by atoms with Crippen LogP contribution in [0.3, 0.4) is 0 Å². The predicted molar refractivity (Wildman–Crippen MR) is 120 cm³/mol. The van der Waals surface area contributed by atoms with E-state index in [0.29, 0.717) is 18.1 Å². The van der Waals surface area contributed by atoms with Crippen LogP contribution < -0.4 is 10.6 Å². The van der Waals surface area contributed by atoms with Crippen LogP contribution in [0.15, 0.2) is 4.99 Å². The van der Waals surface area contributed by atoms with Gasteiger partial charge in [-0.15, -0.1) is 24.0 Å². The maximum Gasteiger partial charge on any atom is 0.191 e. The lowest BCUT2D eigenvalue weighted by atomic mass is 9.67. The van der Waals surface area contributed by atoms with Gasteiger partial charge in [-0.05, 0) is 38.0 Å². The summed E-state index contributed by atoms with van der Waals surface area (Å²) in [4.78, 5) is 9.47. The molecule has 9 heteroatoms. The number of halogens is 1. The molecule has 0 bridgehead atoms. The van der Waals surface area contributed by atoms with Crippen LogP contribution in [0, 0.1) is 5.41 Å². The first kappa shape index (κ1) is 23.3. The first-order valence-corrected chi connectivity index (χ1v) is 10.1. The number of nitrogens with zero attached hydrogens (tertiary/aromatic N) is 4. The van der Waals surface area contributed by atoms with Gasteiger partial charge in [0.2, 0.25) is 0 Å². The zero-order valence-corrected chi connectivity index (χ0v) is 19.7. The van der Waals surface area contributed by atoms with Gasteiger partial charge in [-0.2, -0.15) is 5.10 Å². The van der Waals surface area contributed by atoms with Gasteiger partial charge in [0.15, 0.2) is 11.8 Å². The molecule has 1 unspecified atom stereocenters. The highest BCUT2D eigenvalue weighted by Gasteiger charge is 2.36. The van der Waals surface area contributed by atoms with Gasteiger partial charge in [-0.25, -0.2) is 9.67 Å². The molecule has 1 fully saturated rings. The molecule has 0 spiro atoms. The number of methoxy groups -OCH3 is 2. The van der Waals surface area contributed by atoms with Gasteiger partial charge in [0.1, 0.15) is 12.4 Å². The number of aryl methyl sites for hydroxylation is 1. The van der Waals surface area contributed by atoms with E-state index in [1.54, 1.807) is 14.2 Å². The highest BCUT2D eigenvalue weighted by Crippen LogP contribution is 2.44. The molecule has 1 aliphatic heterocycles. The van der Waals surface area contributed by atoms with Crippen molar-refractivity contribution in [1.29, 1.82) is 0 Å². The van der Waals surface area contributed by atoms with Crippen LogP contribution in [0.2, 0.25) is 0 Å². The lowest BCUT2D eigenvalue weighted by molar-refractivity contribution is 0.0778. The fourth-order valence-electron chi connectivity index (χ4n) is 3.91. The molecule has 28 heavy (non-hydrogen) atoms. The summed E-state index contributed by atoms with van der Waals surface area (Å²) in [7, 11) is 3.45. The average molecular weight is 506 g/mol. The van der Waals surface area contributed by atoms with Crippen molar-refractivity contribution in [2.45, 2.75) is 64.6 Å². The minimum atomic E-state index is 0. The molecule has 1 atom stereocenters. The normalized spacial score (nSPS) is 20.7. The van der Waals surface area contributed by atoms with Crippen molar-refractivity contribution >= 4 is 29.9 Å². The predicted octanol–water partition coefficient (Wildman–Crippen LogP) is 2.12. The number of nitrogens with one attached hydrogen (secondary N) is 2. The summed E-state index contributed by atoms with van der Waals surface area (Å²) >= 11 is 0. The number of hydrogen-bond acceptors (Lipinski definition) is 5. The second-order valence-electron chi connectivity index (χ2n) is 7.73. The zero-order chi connectivity index (χ0) is 19.1. The van der Waals surface area contributed by atoms with Crippen molar-refractivity contribution < 1.29 is 9.47 Å². The Labute approximate surface area is 185 Å². The van der Waals surface area contributed by atoms with Crippen molar-refractivity contribution in [3.8, 4) is 0 Å². The molecule has 3 rings (SSSR count). The van der Waals surface area contributed by atoms with E-state index in [1.165, 1.54) is 19.3 Å². The summed E-state index contributed by atoms with van der Waals surface area (Å²) in [6.07, 6.45) is 6.88.